The molecule has 4 aliphatic heterocycles. The van der Waals surface area contributed by atoms with Crippen LogP contribution in [-0.2, 0) is 28.6 Å². The zero-order chi connectivity index (χ0) is 67.7. The summed E-state index contributed by atoms with van der Waals surface area (Å²) in [5, 5.41) is 30.7. The van der Waals surface area contributed by atoms with E-state index in [1.54, 1.807) is 31.7 Å². The maximum absolute atomic E-state index is 17.9. The van der Waals surface area contributed by atoms with E-state index in [1.807, 2.05) is 102 Å². The number of thiophene rings is 1. The summed E-state index contributed by atoms with van der Waals surface area (Å²) < 4.78 is 57.3. The summed E-state index contributed by atoms with van der Waals surface area (Å²) in [7, 11) is 0. The van der Waals surface area contributed by atoms with Gasteiger partial charge in [-0.25, -0.2) is 18.4 Å². The van der Waals surface area contributed by atoms with Crippen molar-refractivity contribution >= 4 is 96.3 Å². The van der Waals surface area contributed by atoms with Gasteiger partial charge in [0.1, 0.15) is 58.1 Å². The fourth-order valence-electron chi connectivity index (χ4n) is 13.0. The molecule has 6 aromatic rings. The molecule has 94 heavy (non-hydrogen) atoms. The number of amides is 5. The number of halogens is 4. The van der Waals surface area contributed by atoms with Gasteiger partial charge < -0.3 is 44.5 Å². The summed E-state index contributed by atoms with van der Waals surface area (Å²) in [5.74, 6) is -2.53. The Hall–Kier alpha value is -7.46. The maximum Gasteiger partial charge on any atom is 0.412 e. The van der Waals surface area contributed by atoms with Crippen LogP contribution in [0.25, 0.3) is 43.2 Å². The normalized spacial score (nSPS) is 19.9. The third-order valence-electron chi connectivity index (χ3n) is 17.4. The van der Waals surface area contributed by atoms with Crippen molar-refractivity contribution in [3.05, 3.63) is 99.5 Å². The summed E-state index contributed by atoms with van der Waals surface area (Å²) in [5.41, 5.74) is -0.0172. The molecule has 0 spiro atoms. The van der Waals surface area contributed by atoms with Gasteiger partial charge in [-0.2, -0.15) is 15.2 Å². The number of nitrogens with zero attached hydrogens (tertiary/aromatic N) is 7. The minimum atomic E-state index is -1.01. The Balaban J connectivity index is 0.786. The van der Waals surface area contributed by atoms with Gasteiger partial charge in [-0.05, 0) is 127 Å². The zero-order valence-electron chi connectivity index (χ0n) is 54.7. The summed E-state index contributed by atoms with van der Waals surface area (Å²) in [6, 6.07) is 18.3. The fraction of sp³-hybridized carbons (Fsp3) is 0.507. The molecule has 20 nitrogen and oxygen atoms in total. The first-order valence-corrected chi connectivity index (χ1v) is 33.5. The van der Waals surface area contributed by atoms with Crippen molar-refractivity contribution in [1.29, 1.82) is 5.26 Å². The van der Waals surface area contributed by atoms with Crippen molar-refractivity contribution < 1.29 is 56.8 Å². The van der Waals surface area contributed by atoms with Crippen molar-refractivity contribution in [3.63, 3.8) is 0 Å². The first-order chi connectivity index (χ1) is 44.5. The molecular formula is C69H82Cl2F2N10O10S. The average molecular weight is 1350 g/mol. The summed E-state index contributed by atoms with van der Waals surface area (Å²) in [4.78, 5) is 85.3. The Kier molecular flexibility index (Phi) is 21.0. The molecule has 0 aliphatic carbocycles. The van der Waals surface area contributed by atoms with Gasteiger partial charge in [0.25, 0.3) is 0 Å². The van der Waals surface area contributed by atoms with Gasteiger partial charge >= 0.3 is 18.2 Å². The molecule has 4 aliphatic rings. The van der Waals surface area contributed by atoms with Gasteiger partial charge in [0, 0.05) is 78.6 Å². The second-order valence-corrected chi connectivity index (χ2v) is 29.6. The number of nitrogens with one attached hydrogen (secondary N) is 3. The van der Waals surface area contributed by atoms with Gasteiger partial charge in [0.05, 0.1) is 46.1 Å². The van der Waals surface area contributed by atoms with E-state index in [0.717, 1.165) is 53.5 Å². The van der Waals surface area contributed by atoms with Crippen LogP contribution >= 0.6 is 34.5 Å². The molecule has 4 fully saturated rings. The Morgan fingerprint density at radius 2 is 1.55 bits per heavy atom. The van der Waals surface area contributed by atoms with Crippen molar-refractivity contribution in [2.24, 2.45) is 5.41 Å². The molecule has 7 atom stereocenters. The topological polar surface area (TPSA) is 241 Å². The van der Waals surface area contributed by atoms with Crippen LogP contribution in [-0.4, -0.2) is 160 Å². The average Bonchev–Trinajstić information content (AvgIpc) is 1.34. The predicted molar refractivity (Wildman–Crippen MR) is 358 cm³/mol. The largest absolute Gasteiger partial charge is 0.462 e. The second-order valence-electron chi connectivity index (χ2n) is 27.7. The smallest absolute Gasteiger partial charge is 0.412 e. The lowest BCUT2D eigenvalue weighted by molar-refractivity contribution is -0.144. The summed E-state index contributed by atoms with van der Waals surface area (Å²) >= 11 is 14.3. The maximum atomic E-state index is 17.9. The van der Waals surface area contributed by atoms with E-state index in [9.17, 15) is 34.3 Å². The standard InChI is InChI=1S/C69H82Cl2F2N10O10S/c1-38(39-18-20-40(21-19-39)45-16-11-12-17-49(45)70)75-61(86)52-31-44(84)36-82(52)63(87)59(67(2,3)4)76-53(85)26-30-90-29-14-28-80-27-13-15-43(80)37-91-64-77-57-47(60(78-64)81-34-41-22-23-42(35-81)83(41)66(89)93-69(8,9)10)32-50(71)55(56(57)73)46-24-25-51(72)58-54(46)48(33-74)62(94-58)79-65(88)92-68(5,6)7/h11-12,16-21,24-25,32,38,41-44,52,59,84H,13-15,22-23,26-31,34-37H2,1-10H3,(H,75,86)(H,76,85)(H,79,88)/t38-,41?,42?,43?,44+,52-,59+/m0/s1. The zero-order valence-corrected chi connectivity index (χ0v) is 57.0. The van der Waals surface area contributed by atoms with E-state index in [2.05, 4.69) is 26.9 Å². The number of aliphatic hydroxyl groups is 1. The number of likely N-dealkylation sites (tertiary alicyclic amines) is 2. The molecule has 25 heteroatoms. The van der Waals surface area contributed by atoms with Crippen molar-refractivity contribution in [2.45, 2.75) is 168 Å². The highest BCUT2D eigenvalue weighted by Crippen LogP contribution is 2.47. The minimum Gasteiger partial charge on any atom is -0.462 e. The van der Waals surface area contributed by atoms with E-state index in [4.69, 9.17) is 52.1 Å². The first-order valence-electron chi connectivity index (χ1n) is 32.0. The Bertz CT molecular complexity index is 3870. The van der Waals surface area contributed by atoms with E-state index >= 15 is 8.78 Å². The molecule has 2 aromatic heterocycles. The van der Waals surface area contributed by atoms with Gasteiger partial charge in [0.2, 0.25) is 17.7 Å². The lowest BCUT2D eigenvalue weighted by atomic mass is 9.85. The number of β-amino-alcohol motifs (C(OH)–C–C–N with tert-alkyl or cyclic N) is 1. The highest BCUT2D eigenvalue weighted by Gasteiger charge is 2.47. The number of nitriles is 1. The quantitative estimate of drug-likeness (QED) is 0.0551. The van der Waals surface area contributed by atoms with Crippen LogP contribution in [0.1, 0.15) is 131 Å². The number of carbonyl (C=O) groups is 5. The summed E-state index contributed by atoms with van der Waals surface area (Å²) in [6.45, 7) is 20.4. The van der Waals surface area contributed by atoms with Crippen molar-refractivity contribution in [2.75, 3.05) is 62.8 Å². The number of aromatic nitrogens is 2. The van der Waals surface area contributed by atoms with E-state index < -0.39 is 82.4 Å². The molecule has 4 aromatic carbocycles. The Labute approximate surface area is 560 Å². The molecule has 0 saturated carbocycles. The fourth-order valence-corrected chi connectivity index (χ4v) is 14.6. The Morgan fingerprint density at radius 3 is 2.22 bits per heavy atom. The predicted octanol–water partition coefficient (Wildman–Crippen LogP) is 12.6. The van der Waals surface area contributed by atoms with Crippen LogP contribution < -0.4 is 25.6 Å². The van der Waals surface area contributed by atoms with Gasteiger partial charge in [-0.1, -0.05) is 92.5 Å². The van der Waals surface area contributed by atoms with Crippen LogP contribution in [0.3, 0.4) is 0 Å². The molecule has 10 rings (SSSR count). The van der Waals surface area contributed by atoms with E-state index in [-0.39, 0.29) is 104 Å². The van der Waals surface area contributed by atoms with Crippen molar-refractivity contribution in [1.82, 2.24) is 35.3 Å². The third-order valence-corrected chi connectivity index (χ3v) is 19.1. The first kappa shape index (κ1) is 69.4. The van der Waals surface area contributed by atoms with Crippen molar-refractivity contribution in [3.8, 4) is 34.3 Å². The van der Waals surface area contributed by atoms with E-state index in [0.29, 0.717) is 56.3 Å². The van der Waals surface area contributed by atoms with Crippen LogP contribution in [0.4, 0.5) is 29.2 Å². The van der Waals surface area contributed by atoms with Crippen LogP contribution in [0.15, 0.2) is 66.7 Å². The number of anilines is 2. The SMILES string of the molecule is C[C@H](NC(=O)[C@@H]1C[C@@H](O)CN1C(=O)[C@@H](NC(=O)CCOCCCN1CCCC1COc1nc(N2CC3CCC(C2)N3C(=O)OC(C)(C)C)c2cc(Cl)c(-c3ccc(F)c4sc(NC(=O)OC(C)(C)C)c(C#N)c34)c(F)c2n1)C(C)(C)C)c1ccc(-c2ccccc2Cl)cc1. The minimum absolute atomic E-state index is 0.00598. The highest BCUT2D eigenvalue weighted by atomic mass is 35.5. The highest BCUT2D eigenvalue weighted by molar-refractivity contribution is 7.23. The molecule has 0 radical (unpaired) electrons. The van der Waals surface area contributed by atoms with E-state index in [1.165, 1.54) is 11.0 Å². The Morgan fingerprint density at radius 1 is 0.851 bits per heavy atom. The number of rotatable bonds is 19. The van der Waals surface area contributed by atoms with Crippen LogP contribution in [0, 0.1) is 28.4 Å². The van der Waals surface area contributed by atoms with Crippen LogP contribution in [0.5, 0.6) is 6.01 Å². The molecule has 5 amide bonds. The summed E-state index contributed by atoms with van der Waals surface area (Å²) in [6.07, 6.45) is 1.51. The van der Waals surface area contributed by atoms with Crippen LogP contribution in [0.2, 0.25) is 10.0 Å². The lowest BCUT2D eigenvalue weighted by Gasteiger charge is -2.42. The number of piperazine rings is 1. The third kappa shape index (κ3) is 15.8. The molecule has 4 N–H and O–H groups in total. The van der Waals surface area contributed by atoms with Gasteiger partial charge in [-0.3, -0.25) is 29.5 Å². The molecule has 2 bridgehead atoms. The number of benzene rings is 4. The molecule has 502 valence electrons. The number of ether oxygens (including phenoxy) is 4. The molecule has 3 unspecified atom stereocenters. The number of hydrogen-bond donors (Lipinski definition) is 4. The van der Waals surface area contributed by atoms with Gasteiger partial charge in [-0.15, -0.1) is 11.3 Å². The lowest BCUT2D eigenvalue weighted by Crippen LogP contribution is -2.58. The second kappa shape index (κ2) is 28.5. The molecular weight excluding hydrogens is 1270 g/mol. The number of hydrogen-bond acceptors (Lipinski definition) is 16. The number of carbonyl (C=O) groups excluding carboxylic acids is 5. The molecule has 6 heterocycles. The number of aliphatic hydroxyl groups excluding tert-OH is 1. The van der Waals surface area contributed by atoms with Gasteiger partial charge in [0.15, 0.2) is 5.82 Å². The number of fused-ring (bicyclic) bond motifs is 4. The molecule has 4 saturated heterocycles. The monoisotopic (exact) mass is 1350 g/mol.